The molecule has 1 heterocycles. The van der Waals surface area contributed by atoms with E-state index in [4.69, 9.17) is 5.73 Å². The Morgan fingerprint density at radius 1 is 1.62 bits per heavy atom. The maximum Gasteiger partial charge on any atom is 0.165 e. The highest BCUT2D eigenvalue weighted by molar-refractivity contribution is 5.18. The van der Waals surface area contributed by atoms with E-state index in [1.54, 1.807) is 0 Å². The summed E-state index contributed by atoms with van der Waals surface area (Å²) in [5, 5.41) is 9.22. The standard InChI is InChI=1S/C2H4N4.CH5N/c3-2-1-4-6-5-2;1-2/h1H,(H3,3,4,5,6);2H2,1H3. The van der Waals surface area contributed by atoms with Crippen LogP contribution in [0.15, 0.2) is 6.20 Å². The van der Waals surface area contributed by atoms with Crippen LogP contribution in [0.4, 0.5) is 5.82 Å². The average Bonchev–Trinajstić information content (AvgIpc) is 2.24. The van der Waals surface area contributed by atoms with Crippen LogP contribution in [0.3, 0.4) is 0 Å². The van der Waals surface area contributed by atoms with Gasteiger partial charge in [-0.15, -0.1) is 5.10 Å². The number of anilines is 1. The monoisotopic (exact) mass is 115 g/mol. The number of nitrogen functional groups attached to an aromatic ring is 1. The third-order valence-electron chi connectivity index (χ3n) is 0.434. The first-order valence-electron chi connectivity index (χ1n) is 2.08. The number of hydrogen-bond acceptors (Lipinski definition) is 4. The molecule has 0 unspecified atom stereocenters. The summed E-state index contributed by atoms with van der Waals surface area (Å²) < 4.78 is 0. The van der Waals surface area contributed by atoms with Crippen molar-refractivity contribution in [1.29, 1.82) is 0 Å². The number of H-pyrrole nitrogens is 1. The molecular formula is C3H9N5. The van der Waals surface area contributed by atoms with Crippen LogP contribution in [0.2, 0.25) is 0 Å². The van der Waals surface area contributed by atoms with Gasteiger partial charge in [-0.25, -0.2) is 0 Å². The van der Waals surface area contributed by atoms with Crippen molar-refractivity contribution >= 4 is 5.82 Å². The zero-order valence-electron chi connectivity index (χ0n) is 4.63. The van der Waals surface area contributed by atoms with Gasteiger partial charge in [0.05, 0.1) is 6.20 Å². The topological polar surface area (TPSA) is 93.6 Å². The van der Waals surface area contributed by atoms with Gasteiger partial charge in [0.25, 0.3) is 0 Å². The SMILES string of the molecule is CN.Nc1cn[nH]n1. The van der Waals surface area contributed by atoms with E-state index in [0.717, 1.165) is 0 Å². The number of nitrogens with one attached hydrogen (secondary N) is 1. The van der Waals surface area contributed by atoms with E-state index >= 15 is 0 Å². The normalized spacial score (nSPS) is 7.25. The summed E-state index contributed by atoms with van der Waals surface area (Å²) in [5.41, 5.74) is 9.57. The number of rotatable bonds is 0. The quantitative estimate of drug-likeness (QED) is 0.402. The number of aromatic nitrogens is 3. The Labute approximate surface area is 47.1 Å². The van der Waals surface area contributed by atoms with Crippen LogP contribution >= 0.6 is 0 Å². The smallest absolute Gasteiger partial charge is 0.165 e. The summed E-state index contributed by atoms with van der Waals surface area (Å²) >= 11 is 0. The van der Waals surface area contributed by atoms with Gasteiger partial charge in [0.15, 0.2) is 5.82 Å². The molecule has 0 amide bonds. The Hall–Kier alpha value is -1.10. The summed E-state index contributed by atoms with van der Waals surface area (Å²) in [7, 11) is 1.50. The van der Waals surface area contributed by atoms with Crippen molar-refractivity contribution < 1.29 is 0 Å². The molecule has 0 bridgehead atoms. The highest BCUT2D eigenvalue weighted by atomic mass is 15.3. The molecule has 0 aliphatic rings. The van der Waals surface area contributed by atoms with E-state index in [-0.39, 0.29) is 0 Å². The molecule has 1 aromatic rings. The molecule has 1 rings (SSSR count). The fourth-order valence-electron chi connectivity index (χ4n) is 0.210. The van der Waals surface area contributed by atoms with Crippen LogP contribution in [0, 0.1) is 0 Å². The summed E-state index contributed by atoms with van der Waals surface area (Å²) in [6, 6.07) is 0. The lowest BCUT2D eigenvalue weighted by molar-refractivity contribution is 0.943. The fourth-order valence-corrected chi connectivity index (χ4v) is 0.210. The third kappa shape index (κ3) is 2.14. The minimum atomic E-state index is 0.426. The molecule has 0 saturated carbocycles. The summed E-state index contributed by atoms with van der Waals surface area (Å²) in [6.07, 6.45) is 1.44. The van der Waals surface area contributed by atoms with E-state index in [1.165, 1.54) is 13.2 Å². The Balaban J connectivity index is 0.000000222. The molecule has 0 spiro atoms. The Morgan fingerprint density at radius 2 is 2.25 bits per heavy atom. The van der Waals surface area contributed by atoms with Gasteiger partial charge < -0.3 is 11.5 Å². The molecule has 0 aliphatic heterocycles. The Bertz CT molecular complexity index is 111. The van der Waals surface area contributed by atoms with Gasteiger partial charge in [-0.2, -0.15) is 10.3 Å². The third-order valence-corrected chi connectivity index (χ3v) is 0.434. The first-order chi connectivity index (χ1) is 3.89. The summed E-state index contributed by atoms with van der Waals surface area (Å²) in [4.78, 5) is 0. The van der Waals surface area contributed by atoms with Crippen LogP contribution in [0.5, 0.6) is 0 Å². The van der Waals surface area contributed by atoms with Gasteiger partial charge >= 0.3 is 0 Å². The van der Waals surface area contributed by atoms with Crippen LogP contribution in [-0.4, -0.2) is 22.5 Å². The zero-order valence-corrected chi connectivity index (χ0v) is 4.63. The van der Waals surface area contributed by atoms with Crippen LogP contribution in [0.25, 0.3) is 0 Å². The Morgan fingerprint density at radius 3 is 2.38 bits per heavy atom. The largest absolute Gasteiger partial charge is 0.381 e. The first kappa shape index (κ1) is 6.90. The highest BCUT2D eigenvalue weighted by Gasteiger charge is 1.76. The molecule has 46 valence electrons. The predicted molar refractivity (Wildman–Crippen MR) is 30.9 cm³/mol. The van der Waals surface area contributed by atoms with Crippen molar-refractivity contribution in [3.8, 4) is 0 Å². The molecule has 0 atom stereocenters. The Kier molecular flexibility index (Phi) is 3.51. The molecule has 0 aromatic carbocycles. The fraction of sp³-hybridized carbons (Fsp3) is 0.333. The maximum absolute atomic E-state index is 5.07. The lowest BCUT2D eigenvalue weighted by Gasteiger charge is -1.65. The number of nitrogens with two attached hydrogens (primary N) is 2. The second-order valence-electron chi connectivity index (χ2n) is 0.895. The molecule has 5 N–H and O–H groups in total. The van der Waals surface area contributed by atoms with Crippen molar-refractivity contribution in [2.45, 2.75) is 0 Å². The van der Waals surface area contributed by atoms with Crippen molar-refractivity contribution in [3.05, 3.63) is 6.20 Å². The van der Waals surface area contributed by atoms with E-state index in [2.05, 4.69) is 21.1 Å². The molecule has 5 nitrogen and oxygen atoms in total. The number of nitrogens with zero attached hydrogens (tertiary/aromatic N) is 2. The lowest BCUT2D eigenvalue weighted by Crippen LogP contribution is -1.81. The summed E-state index contributed by atoms with van der Waals surface area (Å²) in [5.74, 6) is 0.426. The predicted octanol–water partition coefficient (Wildman–Crippen LogP) is -1.04. The molecule has 8 heavy (non-hydrogen) atoms. The van der Waals surface area contributed by atoms with Crippen molar-refractivity contribution in [2.75, 3.05) is 12.8 Å². The van der Waals surface area contributed by atoms with Crippen LogP contribution in [-0.2, 0) is 0 Å². The van der Waals surface area contributed by atoms with Crippen molar-refractivity contribution in [1.82, 2.24) is 15.4 Å². The average molecular weight is 115 g/mol. The minimum Gasteiger partial charge on any atom is -0.381 e. The molecule has 0 fully saturated rings. The van der Waals surface area contributed by atoms with E-state index in [0.29, 0.717) is 5.82 Å². The number of aromatic amines is 1. The van der Waals surface area contributed by atoms with E-state index < -0.39 is 0 Å². The highest BCUT2D eigenvalue weighted by Crippen LogP contribution is 1.81. The second kappa shape index (κ2) is 4.07. The molecule has 0 radical (unpaired) electrons. The molecule has 0 saturated heterocycles. The van der Waals surface area contributed by atoms with E-state index in [9.17, 15) is 0 Å². The van der Waals surface area contributed by atoms with E-state index in [1.807, 2.05) is 0 Å². The van der Waals surface area contributed by atoms with Gasteiger partial charge in [-0.05, 0) is 7.05 Å². The first-order valence-corrected chi connectivity index (χ1v) is 2.08. The maximum atomic E-state index is 5.07. The summed E-state index contributed by atoms with van der Waals surface area (Å²) in [6.45, 7) is 0. The van der Waals surface area contributed by atoms with Crippen LogP contribution < -0.4 is 11.5 Å². The van der Waals surface area contributed by atoms with Gasteiger partial charge in [0.1, 0.15) is 0 Å². The lowest BCUT2D eigenvalue weighted by atomic mass is 10.8. The van der Waals surface area contributed by atoms with Gasteiger partial charge in [-0.1, -0.05) is 0 Å². The number of hydrogen-bond donors (Lipinski definition) is 3. The zero-order chi connectivity index (χ0) is 6.41. The van der Waals surface area contributed by atoms with Gasteiger partial charge in [-0.3, -0.25) is 0 Å². The molecule has 0 aliphatic carbocycles. The molecule has 5 heteroatoms. The van der Waals surface area contributed by atoms with Crippen molar-refractivity contribution in [2.24, 2.45) is 5.73 Å². The van der Waals surface area contributed by atoms with Gasteiger partial charge in [0.2, 0.25) is 0 Å². The molecular weight excluding hydrogens is 106 g/mol. The van der Waals surface area contributed by atoms with Gasteiger partial charge in [0, 0.05) is 0 Å². The van der Waals surface area contributed by atoms with Crippen molar-refractivity contribution in [3.63, 3.8) is 0 Å². The van der Waals surface area contributed by atoms with Crippen LogP contribution in [0.1, 0.15) is 0 Å². The molecule has 1 aromatic heterocycles. The second-order valence-corrected chi connectivity index (χ2v) is 0.895. The minimum absolute atomic E-state index is 0.426.